The maximum Gasteiger partial charge on any atom is 0.252 e. The second-order valence-corrected chi connectivity index (χ2v) is 4.62. The Balaban J connectivity index is 1.62. The molecule has 0 bridgehead atoms. The molecule has 2 N–H and O–H groups in total. The minimum absolute atomic E-state index is 0.0420. The predicted octanol–water partition coefficient (Wildman–Crippen LogP) is 1.91. The van der Waals surface area contributed by atoms with Crippen LogP contribution in [0.4, 0.5) is 0 Å². The molecule has 0 atom stereocenters. The predicted molar refractivity (Wildman–Crippen MR) is 69.6 cm³/mol. The topological polar surface area (TPSA) is 54.3 Å². The van der Waals surface area contributed by atoms with Crippen molar-refractivity contribution in [2.45, 2.75) is 18.9 Å². The van der Waals surface area contributed by atoms with Crippen molar-refractivity contribution >= 4 is 16.9 Å². The Morgan fingerprint density at radius 3 is 3.00 bits per heavy atom. The molecule has 1 aliphatic rings. The first kappa shape index (κ1) is 11.3. The number of hydrogen-bond acceptors (Lipinski definition) is 3. The van der Waals surface area contributed by atoms with Crippen molar-refractivity contribution in [1.82, 2.24) is 10.6 Å². The maximum atomic E-state index is 12.0. The summed E-state index contributed by atoms with van der Waals surface area (Å²) in [5.41, 5.74) is 1.42. The molecule has 1 aliphatic carbocycles. The third-order valence-corrected chi connectivity index (χ3v) is 3.16. The second kappa shape index (κ2) is 4.82. The lowest BCUT2D eigenvalue weighted by Crippen LogP contribution is -2.32. The van der Waals surface area contributed by atoms with Gasteiger partial charge in [0.15, 0.2) is 0 Å². The third-order valence-electron chi connectivity index (χ3n) is 3.16. The summed E-state index contributed by atoms with van der Waals surface area (Å²) in [7, 11) is 0. The van der Waals surface area contributed by atoms with Crippen LogP contribution in [0.2, 0.25) is 0 Å². The van der Waals surface area contributed by atoms with Crippen LogP contribution in [0.3, 0.4) is 0 Å². The van der Waals surface area contributed by atoms with Crippen LogP contribution in [-0.2, 0) is 0 Å². The van der Waals surface area contributed by atoms with Gasteiger partial charge in [0.25, 0.3) is 5.91 Å². The fourth-order valence-corrected chi connectivity index (χ4v) is 2.03. The normalized spacial score (nSPS) is 14.9. The molecule has 1 fully saturated rings. The molecule has 4 nitrogen and oxygen atoms in total. The van der Waals surface area contributed by atoms with Crippen LogP contribution >= 0.6 is 0 Å². The molecule has 0 unspecified atom stereocenters. The molecule has 1 saturated carbocycles. The van der Waals surface area contributed by atoms with Gasteiger partial charge in [-0.05, 0) is 31.0 Å². The smallest absolute Gasteiger partial charge is 0.252 e. The molecule has 3 rings (SSSR count). The van der Waals surface area contributed by atoms with Crippen LogP contribution < -0.4 is 10.6 Å². The van der Waals surface area contributed by atoms with Gasteiger partial charge in [-0.1, -0.05) is 6.07 Å². The van der Waals surface area contributed by atoms with Gasteiger partial charge in [0, 0.05) is 24.5 Å². The average Bonchev–Trinajstić information content (AvgIpc) is 3.08. The van der Waals surface area contributed by atoms with Gasteiger partial charge in [-0.2, -0.15) is 0 Å². The first-order chi connectivity index (χ1) is 8.84. The minimum atomic E-state index is -0.0420. The maximum absolute atomic E-state index is 12.0. The van der Waals surface area contributed by atoms with Gasteiger partial charge in [0.2, 0.25) is 0 Å². The summed E-state index contributed by atoms with van der Waals surface area (Å²) < 4.78 is 5.28. The highest BCUT2D eigenvalue weighted by Crippen LogP contribution is 2.19. The van der Waals surface area contributed by atoms with Crippen molar-refractivity contribution in [3.63, 3.8) is 0 Å². The van der Waals surface area contributed by atoms with Crippen molar-refractivity contribution in [3.05, 3.63) is 36.1 Å². The third kappa shape index (κ3) is 2.38. The van der Waals surface area contributed by atoms with Gasteiger partial charge in [-0.25, -0.2) is 0 Å². The molecular formula is C14H16N2O2. The Bertz CT molecular complexity index is 558. The summed E-state index contributed by atoms with van der Waals surface area (Å²) >= 11 is 0. The molecule has 1 heterocycles. The monoisotopic (exact) mass is 244 g/mol. The van der Waals surface area contributed by atoms with E-state index in [0.717, 1.165) is 17.5 Å². The molecule has 0 saturated heterocycles. The largest absolute Gasteiger partial charge is 0.464 e. The molecular weight excluding hydrogens is 228 g/mol. The standard InChI is InChI=1S/C14H16N2O2/c17-14(16-8-7-15-10-4-5-10)12-2-1-3-13-11(12)6-9-18-13/h1-3,6,9-10,15H,4-5,7-8H2,(H,16,17). The van der Waals surface area contributed by atoms with Crippen LogP contribution in [0.25, 0.3) is 11.0 Å². The highest BCUT2D eigenvalue weighted by Gasteiger charge is 2.19. The highest BCUT2D eigenvalue weighted by molar-refractivity contribution is 6.05. The van der Waals surface area contributed by atoms with E-state index >= 15 is 0 Å². The molecule has 1 aromatic carbocycles. The van der Waals surface area contributed by atoms with Gasteiger partial charge in [0.1, 0.15) is 5.58 Å². The lowest BCUT2D eigenvalue weighted by Gasteiger charge is -2.06. The minimum Gasteiger partial charge on any atom is -0.464 e. The number of benzene rings is 1. The first-order valence-electron chi connectivity index (χ1n) is 6.32. The van der Waals surface area contributed by atoms with Crippen LogP contribution in [0.1, 0.15) is 23.2 Å². The van der Waals surface area contributed by atoms with Gasteiger partial charge in [-0.3, -0.25) is 4.79 Å². The fourth-order valence-electron chi connectivity index (χ4n) is 2.03. The summed E-state index contributed by atoms with van der Waals surface area (Å²) in [4.78, 5) is 12.0. The molecule has 0 radical (unpaired) electrons. The zero-order valence-corrected chi connectivity index (χ0v) is 10.1. The quantitative estimate of drug-likeness (QED) is 0.790. The summed E-state index contributed by atoms with van der Waals surface area (Å²) in [6.07, 6.45) is 4.14. The SMILES string of the molecule is O=C(NCCNC1CC1)c1cccc2occc12. The summed E-state index contributed by atoms with van der Waals surface area (Å²) in [5.74, 6) is -0.0420. The average molecular weight is 244 g/mol. The summed E-state index contributed by atoms with van der Waals surface area (Å²) in [6.45, 7) is 1.49. The number of fused-ring (bicyclic) bond motifs is 1. The van der Waals surface area contributed by atoms with Gasteiger partial charge < -0.3 is 15.1 Å². The Morgan fingerprint density at radius 2 is 2.17 bits per heavy atom. The number of nitrogens with one attached hydrogen (secondary N) is 2. The van der Waals surface area contributed by atoms with Gasteiger partial charge in [0.05, 0.1) is 11.8 Å². The van der Waals surface area contributed by atoms with Gasteiger partial charge >= 0.3 is 0 Å². The second-order valence-electron chi connectivity index (χ2n) is 4.62. The molecule has 2 aromatic rings. The van der Waals surface area contributed by atoms with E-state index in [4.69, 9.17) is 4.42 Å². The molecule has 18 heavy (non-hydrogen) atoms. The van der Waals surface area contributed by atoms with E-state index in [0.29, 0.717) is 18.2 Å². The van der Waals surface area contributed by atoms with Crippen molar-refractivity contribution < 1.29 is 9.21 Å². The van der Waals surface area contributed by atoms with E-state index in [1.807, 2.05) is 24.3 Å². The highest BCUT2D eigenvalue weighted by atomic mass is 16.3. The zero-order chi connectivity index (χ0) is 12.4. The molecule has 1 amide bonds. The van der Waals surface area contributed by atoms with E-state index in [1.54, 1.807) is 6.26 Å². The summed E-state index contributed by atoms with van der Waals surface area (Å²) in [5, 5.41) is 7.15. The van der Waals surface area contributed by atoms with Gasteiger partial charge in [-0.15, -0.1) is 0 Å². The first-order valence-corrected chi connectivity index (χ1v) is 6.32. The molecule has 0 aliphatic heterocycles. The lowest BCUT2D eigenvalue weighted by molar-refractivity contribution is 0.0955. The number of carbonyl (C=O) groups excluding carboxylic acids is 1. The number of rotatable bonds is 5. The number of furan rings is 1. The number of amides is 1. The molecule has 0 spiro atoms. The van der Waals surface area contributed by atoms with E-state index in [9.17, 15) is 4.79 Å². The van der Waals surface area contributed by atoms with E-state index in [-0.39, 0.29) is 5.91 Å². The lowest BCUT2D eigenvalue weighted by atomic mass is 10.1. The fraction of sp³-hybridized carbons (Fsp3) is 0.357. The number of carbonyl (C=O) groups is 1. The van der Waals surface area contributed by atoms with Crippen LogP contribution in [0.5, 0.6) is 0 Å². The molecule has 1 aromatic heterocycles. The Kier molecular flexibility index (Phi) is 3.02. The van der Waals surface area contributed by atoms with Crippen molar-refractivity contribution in [3.8, 4) is 0 Å². The number of hydrogen-bond donors (Lipinski definition) is 2. The Labute approximate surface area is 105 Å². The van der Waals surface area contributed by atoms with Crippen molar-refractivity contribution in [1.29, 1.82) is 0 Å². The Morgan fingerprint density at radius 1 is 1.28 bits per heavy atom. The molecule has 4 heteroatoms. The van der Waals surface area contributed by atoms with Crippen molar-refractivity contribution in [2.24, 2.45) is 0 Å². The summed E-state index contributed by atoms with van der Waals surface area (Å²) in [6, 6.07) is 8.03. The Hall–Kier alpha value is -1.81. The van der Waals surface area contributed by atoms with Crippen molar-refractivity contribution in [2.75, 3.05) is 13.1 Å². The van der Waals surface area contributed by atoms with Crippen LogP contribution in [0.15, 0.2) is 34.9 Å². The van der Waals surface area contributed by atoms with E-state index in [1.165, 1.54) is 12.8 Å². The van der Waals surface area contributed by atoms with Crippen LogP contribution in [0, 0.1) is 0 Å². The van der Waals surface area contributed by atoms with E-state index in [2.05, 4.69) is 10.6 Å². The van der Waals surface area contributed by atoms with E-state index < -0.39 is 0 Å². The molecule has 94 valence electrons. The zero-order valence-electron chi connectivity index (χ0n) is 10.1. The van der Waals surface area contributed by atoms with Crippen LogP contribution in [-0.4, -0.2) is 25.0 Å².